The fraction of sp³-hybridized carbons (Fsp3) is 0.0909. The molecule has 94 valence electrons. The van der Waals surface area contributed by atoms with Crippen LogP contribution in [-0.2, 0) is 4.79 Å². The summed E-state index contributed by atoms with van der Waals surface area (Å²) in [5.41, 5.74) is 0.345. The van der Waals surface area contributed by atoms with Gasteiger partial charge in [0.15, 0.2) is 0 Å². The first-order chi connectivity index (χ1) is 8.47. The van der Waals surface area contributed by atoms with E-state index < -0.39 is 18.0 Å². The first-order valence-corrected chi connectivity index (χ1v) is 5.70. The van der Waals surface area contributed by atoms with E-state index >= 15 is 0 Å². The molecule has 1 aromatic rings. The molecule has 7 heteroatoms. The molecule has 0 aliphatic carbocycles. The van der Waals surface area contributed by atoms with Gasteiger partial charge in [-0.05, 0) is 29.8 Å². The molecule has 0 radical (unpaired) electrons. The largest absolute Gasteiger partial charge is 0.477 e. The number of hydrogen-bond acceptors (Lipinski definition) is 2. The quantitative estimate of drug-likeness (QED) is 0.781. The molecule has 18 heavy (non-hydrogen) atoms. The molecule has 0 saturated carbocycles. The lowest BCUT2D eigenvalue weighted by Gasteiger charge is -2.23. The zero-order chi connectivity index (χ0) is 13.3. The van der Waals surface area contributed by atoms with Crippen molar-refractivity contribution in [2.45, 2.75) is 6.04 Å². The number of nitrogens with one attached hydrogen (secondary N) is 2. The molecule has 1 aromatic carbocycles. The van der Waals surface area contributed by atoms with Gasteiger partial charge in [-0.1, -0.05) is 23.2 Å². The van der Waals surface area contributed by atoms with E-state index in [-0.39, 0.29) is 5.70 Å². The minimum Gasteiger partial charge on any atom is -0.477 e. The predicted molar refractivity (Wildman–Crippen MR) is 66.6 cm³/mol. The highest BCUT2D eigenvalue weighted by Crippen LogP contribution is 2.28. The van der Waals surface area contributed by atoms with Gasteiger partial charge in [-0.15, -0.1) is 0 Å². The molecule has 1 aliphatic heterocycles. The Morgan fingerprint density at radius 3 is 2.72 bits per heavy atom. The molecular formula is C11H8Cl2N2O3. The highest BCUT2D eigenvalue weighted by Gasteiger charge is 2.24. The third kappa shape index (κ3) is 2.57. The maximum atomic E-state index is 11.4. The number of carboxylic acids is 1. The Labute approximate surface area is 112 Å². The van der Waals surface area contributed by atoms with Crippen LogP contribution in [-0.4, -0.2) is 17.1 Å². The summed E-state index contributed by atoms with van der Waals surface area (Å²) in [7, 11) is 0. The van der Waals surface area contributed by atoms with Crippen molar-refractivity contribution in [3.05, 3.63) is 45.6 Å². The minimum absolute atomic E-state index is 0.195. The summed E-state index contributed by atoms with van der Waals surface area (Å²) in [6.07, 6.45) is 1.36. The van der Waals surface area contributed by atoms with Crippen molar-refractivity contribution >= 4 is 35.2 Å². The van der Waals surface area contributed by atoms with Crippen LogP contribution >= 0.6 is 23.2 Å². The molecule has 1 aliphatic rings. The zero-order valence-electron chi connectivity index (χ0n) is 8.91. The van der Waals surface area contributed by atoms with Gasteiger partial charge in [0.2, 0.25) is 0 Å². The topological polar surface area (TPSA) is 78.4 Å². The molecule has 1 atom stereocenters. The van der Waals surface area contributed by atoms with Gasteiger partial charge in [-0.2, -0.15) is 0 Å². The molecule has 0 spiro atoms. The van der Waals surface area contributed by atoms with Crippen molar-refractivity contribution in [1.82, 2.24) is 10.6 Å². The van der Waals surface area contributed by atoms with E-state index in [0.717, 1.165) is 0 Å². The van der Waals surface area contributed by atoms with E-state index in [1.165, 1.54) is 6.08 Å². The second kappa shape index (κ2) is 4.88. The Bertz CT molecular complexity index is 557. The number of carbonyl (C=O) groups excluding carboxylic acids is 1. The van der Waals surface area contributed by atoms with Crippen LogP contribution in [0.25, 0.3) is 0 Å². The molecule has 5 nitrogen and oxygen atoms in total. The summed E-state index contributed by atoms with van der Waals surface area (Å²) >= 11 is 11.8. The lowest BCUT2D eigenvalue weighted by Crippen LogP contribution is -2.43. The summed E-state index contributed by atoms with van der Waals surface area (Å²) in [4.78, 5) is 22.2. The fourth-order valence-corrected chi connectivity index (χ4v) is 2.01. The summed E-state index contributed by atoms with van der Waals surface area (Å²) < 4.78 is 0. The number of benzene rings is 1. The van der Waals surface area contributed by atoms with E-state index in [0.29, 0.717) is 15.6 Å². The van der Waals surface area contributed by atoms with Crippen LogP contribution in [0.4, 0.5) is 4.79 Å². The minimum atomic E-state index is -1.21. The third-order valence-corrected chi connectivity index (χ3v) is 2.97. The summed E-state index contributed by atoms with van der Waals surface area (Å²) in [6, 6.07) is 3.54. The number of halogens is 2. The Morgan fingerprint density at radius 1 is 1.33 bits per heavy atom. The van der Waals surface area contributed by atoms with E-state index in [1.807, 2.05) is 0 Å². The van der Waals surface area contributed by atoms with E-state index in [2.05, 4.69) is 10.6 Å². The van der Waals surface area contributed by atoms with Crippen molar-refractivity contribution in [1.29, 1.82) is 0 Å². The van der Waals surface area contributed by atoms with Crippen LogP contribution in [0, 0.1) is 0 Å². The van der Waals surface area contributed by atoms with Gasteiger partial charge in [0.05, 0.1) is 6.04 Å². The van der Waals surface area contributed by atoms with E-state index in [9.17, 15) is 9.59 Å². The van der Waals surface area contributed by atoms with Crippen LogP contribution in [0.5, 0.6) is 0 Å². The van der Waals surface area contributed by atoms with E-state index in [4.69, 9.17) is 28.3 Å². The number of carbonyl (C=O) groups is 2. The van der Waals surface area contributed by atoms with Gasteiger partial charge in [0, 0.05) is 10.0 Å². The van der Waals surface area contributed by atoms with Gasteiger partial charge in [0.25, 0.3) is 0 Å². The van der Waals surface area contributed by atoms with Crippen LogP contribution in [0.3, 0.4) is 0 Å². The molecule has 3 N–H and O–H groups in total. The summed E-state index contributed by atoms with van der Waals surface area (Å²) in [5, 5.41) is 14.5. The molecule has 0 bridgehead atoms. The van der Waals surface area contributed by atoms with Crippen molar-refractivity contribution in [2.24, 2.45) is 0 Å². The van der Waals surface area contributed by atoms with Crippen LogP contribution in [0.2, 0.25) is 10.0 Å². The molecule has 2 rings (SSSR count). The van der Waals surface area contributed by atoms with Crippen LogP contribution in [0.1, 0.15) is 11.6 Å². The predicted octanol–water partition coefficient (Wildman–Crippen LogP) is 2.32. The van der Waals surface area contributed by atoms with Crippen molar-refractivity contribution in [3.8, 4) is 0 Å². The molecule has 0 saturated heterocycles. The maximum Gasteiger partial charge on any atom is 0.352 e. The second-order valence-electron chi connectivity index (χ2n) is 3.63. The first kappa shape index (κ1) is 12.7. The van der Waals surface area contributed by atoms with Gasteiger partial charge in [0.1, 0.15) is 5.70 Å². The molecule has 1 heterocycles. The first-order valence-electron chi connectivity index (χ1n) is 4.95. The highest BCUT2D eigenvalue weighted by molar-refractivity contribution is 6.33. The standard InChI is InChI=1S/C11H8Cl2N2O3/c12-5-1-2-7(13)6(3-5)8-4-9(10(16)17)15-11(18)14-8/h1-4,8H,(H,16,17)(H2,14,15,18)/t8-/m0/s1. The molecular weight excluding hydrogens is 279 g/mol. The second-order valence-corrected chi connectivity index (χ2v) is 4.47. The smallest absolute Gasteiger partial charge is 0.352 e. The lowest BCUT2D eigenvalue weighted by atomic mass is 10.0. The van der Waals surface area contributed by atoms with Gasteiger partial charge in [-0.3, -0.25) is 0 Å². The number of hydrogen-bond donors (Lipinski definition) is 3. The lowest BCUT2D eigenvalue weighted by molar-refractivity contribution is -0.133. The summed E-state index contributed by atoms with van der Waals surface area (Å²) in [5.74, 6) is -1.21. The fourth-order valence-electron chi connectivity index (χ4n) is 1.59. The molecule has 2 amide bonds. The Morgan fingerprint density at radius 2 is 2.06 bits per heavy atom. The van der Waals surface area contributed by atoms with E-state index in [1.54, 1.807) is 18.2 Å². The van der Waals surface area contributed by atoms with Crippen molar-refractivity contribution in [2.75, 3.05) is 0 Å². The molecule has 0 aromatic heterocycles. The van der Waals surface area contributed by atoms with Crippen LogP contribution < -0.4 is 10.6 Å². The molecule has 0 unspecified atom stereocenters. The number of carboxylic acid groups (broad SMARTS) is 1. The van der Waals surface area contributed by atoms with Gasteiger partial charge >= 0.3 is 12.0 Å². The van der Waals surface area contributed by atoms with Crippen LogP contribution in [0.15, 0.2) is 30.0 Å². The Kier molecular flexibility index (Phi) is 3.45. The third-order valence-electron chi connectivity index (χ3n) is 2.39. The van der Waals surface area contributed by atoms with Crippen molar-refractivity contribution < 1.29 is 14.7 Å². The SMILES string of the molecule is O=C1NC(C(=O)O)=C[C@@H](c2cc(Cl)ccc2Cl)N1. The summed E-state index contributed by atoms with van der Waals surface area (Å²) in [6.45, 7) is 0. The number of amides is 2. The zero-order valence-corrected chi connectivity index (χ0v) is 10.4. The monoisotopic (exact) mass is 286 g/mol. The number of rotatable bonds is 2. The maximum absolute atomic E-state index is 11.4. The Hall–Kier alpha value is -1.72. The van der Waals surface area contributed by atoms with Crippen molar-refractivity contribution in [3.63, 3.8) is 0 Å². The normalized spacial score (nSPS) is 18.7. The van der Waals surface area contributed by atoms with Gasteiger partial charge < -0.3 is 15.7 Å². The number of urea groups is 1. The average Bonchev–Trinajstić information content (AvgIpc) is 2.31. The average molecular weight is 287 g/mol. The highest BCUT2D eigenvalue weighted by atomic mass is 35.5. The molecule has 0 fully saturated rings. The Balaban J connectivity index is 2.43. The number of aliphatic carboxylic acids is 1. The van der Waals surface area contributed by atoms with Gasteiger partial charge in [-0.25, -0.2) is 9.59 Å².